The van der Waals surface area contributed by atoms with Gasteiger partial charge in [0.15, 0.2) is 0 Å². The number of pyridine rings is 1. The minimum Gasteiger partial charge on any atom is -0.465 e. The quantitative estimate of drug-likeness (QED) is 0.620. The molecular formula is C17H14BrNO2S. The fourth-order valence-electron chi connectivity index (χ4n) is 2.45. The highest BCUT2D eigenvalue weighted by Crippen LogP contribution is 2.31. The van der Waals surface area contributed by atoms with E-state index in [1.54, 1.807) is 6.20 Å². The van der Waals surface area contributed by atoms with Gasteiger partial charge in [0.2, 0.25) is 0 Å². The number of aromatic nitrogens is 1. The van der Waals surface area contributed by atoms with Crippen LogP contribution in [0.2, 0.25) is 0 Å². The summed E-state index contributed by atoms with van der Waals surface area (Å²) in [5, 5.41) is 1.11. The van der Waals surface area contributed by atoms with Gasteiger partial charge in [0.05, 0.1) is 12.6 Å². The van der Waals surface area contributed by atoms with Crippen LogP contribution in [-0.4, -0.2) is 18.1 Å². The first-order valence-corrected chi connectivity index (χ1v) is 8.41. The van der Waals surface area contributed by atoms with E-state index in [0.29, 0.717) is 4.88 Å². The molecule has 5 heteroatoms. The lowest BCUT2D eigenvalue weighted by molar-refractivity contribution is 0.0605. The molecule has 1 aromatic carbocycles. The van der Waals surface area contributed by atoms with Gasteiger partial charge < -0.3 is 4.74 Å². The number of halogens is 1. The van der Waals surface area contributed by atoms with Crippen LogP contribution in [-0.2, 0) is 11.2 Å². The highest BCUT2D eigenvalue weighted by atomic mass is 79.9. The van der Waals surface area contributed by atoms with Gasteiger partial charge in [-0.3, -0.25) is 4.98 Å². The van der Waals surface area contributed by atoms with Crippen LogP contribution < -0.4 is 0 Å². The lowest BCUT2D eigenvalue weighted by atomic mass is 10.1. The molecule has 112 valence electrons. The minimum absolute atomic E-state index is 0.274. The maximum Gasteiger partial charge on any atom is 0.348 e. The third-order valence-corrected chi connectivity index (χ3v) is 5.47. The van der Waals surface area contributed by atoms with Crippen molar-refractivity contribution in [2.45, 2.75) is 13.3 Å². The van der Waals surface area contributed by atoms with Crippen LogP contribution in [0.1, 0.15) is 25.7 Å². The van der Waals surface area contributed by atoms with Crippen LogP contribution in [0.25, 0.3) is 10.9 Å². The molecule has 0 amide bonds. The van der Waals surface area contributed by atoms with Crippen molar-refractivity contribution in [1.29, 1.82) is 0 Å². The van der Waals surface area contributed by atoms with Crippen molar-refractivity contribution in [3.8, 4) is 0 Å². The maximum absolute atomic E-state index is 11.7. The van der Waals surface area contributed by atoms with E-state index in [9.17, 15) is 4.79 Å². The van der Waals surface area contributed by atoms with Crippen LogP contribution in [0.15, 0.2) is 41.0 Å². The predicted octanol–water partition coefficient (Wildman–Crippen LogP) is 4.74. The Morgan fingerprint density at radius 1 is 1.36 bits per heavy atom. The molecule has 0 atom stereocenters. The van der Waals surface area contributed by atoms with Gasteiger partial charge in [0, 0.05) is 27.4 Å². The lowest BCUT2D eigenvalue weighted by Gasteiger charge is -2.07. The molecule has 0 spiro atoms. The number of thiophene rings is 1. The molecule has 2 heterocycles. The van der Waals surface area contributed by atoms with Crippen LogP contribution >= 0.6 is 27.3 Å². The second kappa shape index (κ2) is 6.18. The number of carbonyl (C=O) groups excluding carboxylic acids is 1. The third-order valence-electron chi connectivity index (χ3n) is 3.51. The molecule has 0 fully saturated rings. The van der Waals surface area contributed by atoms with E-state index in [2.05, 4.69) is 33.0 Å². The molecular weight excluding hydrogens is 362 g/mol. The van der Waals surface area contributed by atoms with E-state index in [1.807, 2.05) is 25.1 Å². The average molecular weight is 376 g/mol. The van der Waals surface area contributed by atoms with E-state index >= 15 is 0 Å². The Balaban J connectivity index is 2.04. The zero-order valence-corrected chi connectivity index (χ0v) is 14.6. The maximum atomic E-state index is 11.7. The van der Waals surface area contributed by atoms with Crippen LogP contribution in [0.3, 0.4) is 0 Å². The molecule has 0 unspecified atom stereocenters. The van der Waals surface area contributed by atoms with Gasteiger partial charge >= 0.3 is 5.97 Å². The van der Waals surface area contributed by atoms with E-state index in [0.717, 1.165) is 37.8 Å². The first kappa shape index (κ1) is 15.2. The first-order chi connectivity index (χ1) is 10.6. The third kappa shape index (κ3) is 2.78. The van der Waals surface area contributed by atoms with Gasteiger partial charge in [-0.1, -0.05) is 28.1 Å². The van der Waals surface area contributed by atoms with Crippen molar-refractivity contribution in [3.05, 3.63) is 61.9 Å². The number of fused-ring (bicyclic) bond motifs is 1. The van der Waals surface area contributed by atoms with E-state index in [1.165, 1.54) is 18.4 Å². The van der Waals surface area contributed by atoms with Gasteiger partial charge in [-0.15, -0.1) is 11.3 Å². The summed E-state index contributed by atoms with van der Waals surface area (Å²) in [6, 6.07) is 10.1. The van der Waals surface area contributed by atoms with Gasteiger partial charge in [-0.05, 0) is 36.2 Å². The van der Waals surface area contributed by atoms with E-state index in [-0.39, 0.29) is 5.97 Å². The molecule has 0 N–H and O–H groups in total. The number of methoxy groups -OCH3 is 1. The van der Waals surface area contributed by atoms with Gasteiger partial charge in [-0.2, -0.15) is 0 Å². The van der Waals surface area contributed by atoms with Gasteiger partial charge in [0.25, 0.3) is 0 Å². The summed E-state index contributed by atoms with van der Waals surface area (Å²) in [6.45, 7) is 1.93. The molecule has 0 aliphatic heterocycles. The predicted molar refractivity (Wildman–Crippen MR) is 92.6 cm³/mol. The number of benzene rings is 1. The molecule has 3 nitrogen and oxygen atoms in total. The molecule has 3 rings (SSSR count). The lowest BCUT2D eigenvalue weighted by Crippen LogP contribution is -1.99. The van der Waals surface area contributed by atoms with Crippen molar-refractivity contribution in [2.75, 3.05) is 7.11 Å². The average Bonchev–Trinajstić information content (AvgIpc) is 2.90. The Kier molecular flexibility index (Phi) is 4.27. The molecule has 2 aromatic heterocycles. The Hall–Kier alpha value is -1.72. The van der Waals surface area contributed by atoms with Crippen LogP contribution in [0.4, 0.5) is 0 Å². The highest BCUT2D eigenvalue weighted by Gasteiger charge is 2.16. The van der Waals surface area contributed by atoms with E-state index < -0.39 is 0 Å². The van der Waals surface area contributed by atoms with Crippen molar-refractivity contribution >= 4 is 44.1 Å². The topological polar surface area (TPSA) is 39.2 Å². The summed E-state index contributed by atoms with van der Waals surface area (Å²) < 4.78 is 5.86. The smallest absolute Gasteiger partial charge is 0.348 e. The first-order valence-electron chi connectivity index (χ1n) is 6.80. The summed E-state index contributed by atoms with van der Waals surface area (Å²) in [5.74, 6) is -0.274. The number of ether oxygens (including phenoxy) is 1. The zero-order chi connectivity index (χ0) is 15.7. The van der Waals surface area contributed by atoms with Gasteiger partial charge in [0.1, 0.15) is 4.88 Å². The van der Waals surface area contributed by atoms with Gasteiger partial charge in [-0.25, -0.2) is 4.79 Å². The summed E-state index contributed by atoms with van der Waals surface area (Å²) >= 11 is 5.10. The Bertz CT molecular complexity index is 857. The summed E-state index contributed by atoms with van der Waals surface area (Å²) in [5.41, 5.74) is 3.08. The number of nitrogens with zero attached hydrogens (tertiary/aromatic N) is 1. The van der Waals surface area contributed by atoms with Crippen LogP contribution in [0.5, 0.6) is 0 Å². The monoisotopic (exact) mass is 375 g/mol. The summed E-state index contributed by atoms with van der Waals surface area (Å²) in [7, 11) is 1.41. The molecule has 0 bridgehead atoms. The Morgan fingerprint density at radius 2 is 2.18 bits per heavy atom. The second-order valence-electron chi connectivity index (χ2n) is 4.99. The molecule has 0 saturated carbocycles. The standard InChI is InChI=1S/C17H14BrNO2S/c1-10-8-12(22-16(10)17(20)21-2)9-13-14(18)6-5-11-4-3-7-19-15(11)13/h3-8H,9H2,1-2H3. The number of carbonyl (C=O) groups is 1. The van der Waals surface area contributed by atoms with Crippen molar-refractivity contribution in [2.24, 2.45) is 0 Å². The molecule has 3 aromatic rings. The fourth-order valence-corrected chi connectivity index (χ4v) is 4.02. The number of hydrogen-bond acceptors (Lipinski definition) is 4. The van der Waals surface area contributed by atoms with Crippen molar-refractivity contribution in [3.63, 3.8) is 0 Å². The largest absolute Gasteiger partial charge is 0.465 e. The van der Waals surface area contributed by atoms with Crippen LogP contribution in [0, 0.1) is 6.92 Å². The number of esters is 1. The van der Waals surface area contributed by atoms with E-state index in [4.69, 9.17) is 4.74 Å². The molecule has 0 aliphatic carbocycles. The Morgan fingerprint density at radius 3 is 2.95 bits per heavy atom. The second-order valence-corrected chi connectivity index (χ2v) is 6.99. The minimum atomic E-state index is -0.274. The molecule has 22 heavy (non-hydrogen) atoms. The SMILES string of the molecule is COC(=O)c1sc(Cc2c(Br)ccc3cccnc23)cc1C. The normalized spacial score (nSPS) is 10.9. The Labute approximate surface area is 141 Å². The summed E-state index contributed by atoms with van der Waals surface area (Å²) in [6.07, 6.45) is 2.54. The fraction of sp³-hybridized carbons (Fsp3) is 0.176. The number of hydrogen-bond donors (Lipinski definition) is 0. The molecule has 0 saturated heterocycles. The number of aryl methyl sites for hydroxylation is 1. The van der Waals surface area contributed by atoms with Crippen molar-refractivity contribution < 1.29 is 9.53 Å². The highest BCUT2D eigenvalue weighted by molar-refractivity contribution is 9.10. The summed E-state index contributed by atoms with van der Waals surface area (Å²) in [4.78, 5) is 18.0. The zero-order valence-electron chi connectivity index (χ0n) is 12.2. The number of rotatable bonds is 3. The van der Waals surface area contributed by atoms with Crippen molar-refractivity contribution in [1.82, 2.24) is 4.98 Å². The molecule has 0 aliphatic rings. The molecule has 0 radical (unpaired) electrons.